The number of benzene rings is 3. The molecular formula is C27H27N3O3. The van der Waals surface area contributed by atoms with E-state index in [9.17, 15) is 4.79 Å². The number of anilines is 1. The number of hydrogen-bond acceptors (Lipinski definition) is 6. The number of Topliss-reactive ketones (excluding diaryl/α,β-unsaturated/α-hetero) is 1. The van der Waals surface area contributed by atoms with Crippen LogP contribution < -0.4 is 14.5 Å². The average molecular weight is 442 g/mol. The molecule has 0 radical (unpaired) electrons. The molecule has 168 valence electrons. The lowest BCUT2D eigenvalue weighted by Crippen LogP contribution is -2.42. The van der Waals surface area contributed by atoms with Gasteiger partial charge in [0, 0.05) is 17.7 Å². The molecule has 0 fully saturated rings. The summed E-state index contributed by atoms with van der Waals surface area (Å²) in [6, 6.07) is 23.5. The third-order valence-electron chi connectivity index (χ3n) is 5.97. The van der Waals surface area contributed by atoms with E-state index >= 15 is 0 Å². The lowest BCUT2D eigenvalue weighted by Gasteiger charge is -2.37. The van der Waals surface area contributed by atoms with Crippen LogP contribution in [0.2, 0.25) is 0 Å². The zero-order chi connectivity index (χ0) is 22.8. The smallest absolute Gasteiger partial charge is 0.229 e. The summed E-state index contributed by atoms with van der Waals surface area (Å²) in [6.45, 7) is 5.75. The largest absolute Gasteiger partial charge is 0.490 e. The first kappa shape index (κ1) is 21.1. The van der Waals surface area contributed by atoms with Gasteiger partial charge in [-0.3, -0.25) is 4.79 Å². The van der Waals surface area contributed by atoms with Gasteiger partial charge in [-0.2, -0.15) is 0 Å². The number of fused-ring (bicyclic) bond motifs is 3. The van der Waals surface area contributed by atoms with Crippen LogP contribution >= 0.6 is 0 Å². The molecule has 1 atom stereocenters. The topological polar surface area (TPSA) is 54.4 Å². The Kier molecular flexibility index (Phi) is 5.73. The molecule has 2 heterocycles. The second-order valence-electron chi connectivity index (χ2n) is 7.98. The van der Waals surface area contributed by atoms with Crippen LogP contribution in [0.3, 0.4) is 0 Å². The normalized spacial score (nSPS) is 16.7. The first-order valence-corrected chi connectivity index (χ1v) is 11.4. The number of carbonyl (C=O) groups is 1. The van der Waals surface area contributed by atoms with Crippen molar-refractivity contribution in [2.24, 2.45) is 5.10 Å². The number of hydrazone groups is 1. The Bertz CT molecular complexity index is 1180. The first-order valence-electron chi connectivity index (χ1n) is 11.4. The first-order chi connectivity index (χ1) is 16.2. The monoisotopic (exact) mass is 441 g/mol. The van der Waals surface area contributed by atoms with E-state index in [1.54, 1.807) is 0 Å². The molecule has 0 aliphatic carbocycles. The molecule has 0 amide bonds. The van der Waals surface area contributed by atoms with Crippen LogP contribution in [0.1, 0.15) is 41.5 Å². The second kappa shape index (κ2) is 8.98. The van der Waals surface area contributed by atoms with Gasteiger partial charge in [0.05, 0.1) is 18.9 Å². The summed E-state index contributed by atoms with van der Waals surface area (Å²) in [5.41, 5.74) is 3.84. The summed E-state index contributed by atoms with van der Waals surface area (Å²) in [5.74, 6) is 1.87. The quantitative estimate of drug-likeness (QED) is 0.480. The summed E-state index contributed by atoms with van der Waals surface area (Å²) in [5, 5.41) is 6.82. The van der Waals surface area contributed by atoms with Crippen molar-refractivity contribution in [2.75, 3.05) is 24.8 Å². The van der Waals surface area contributed by atoms with Crippen molar-refractivity contribution in [1.82, 2.24) is 4.90 Å². The highest BCUT2D eigenvalue weighted by Crippen LogP contribution is 2.44. The highest BCUT2D eigenvalue weighted by atomic mass is 16.5. The molecule has 33 heavy (non-hydrogen) atoms. The van der Waals surface area contributed by atoms with E-state index < -0.39 is 0 Å². The Morgan fingerprint density at radius 3 is 2.24 bits per heavy atom. The Labute approximate surface area is 194 Å². The van der Waals surface area contributed by atoms with Crippen molar-refractivity contribution >= 4 is 17.3 Å². The van der Waals surface area contributed by atoms with Gasteiger partial charge in [0.1, 0.15) is 0 Å². The van der Waals surface area contributed by atoms with Crippen molar-refractivity contribution in [3.05, 3.63) is 89.5 Å². The number of amidine groups is 1. The van der Waals surface area contributed by atoms with E-state index in [-0.39, 0.29) is 11.9 Å². The SMILES string of the molecule is CCOc1cc2c(cc1OCC)C1N(CC2)C(C(=O)c2ccccc2)=NN1c1ccccc1. The lowest BCUT2D eigenvalue weighted by molar-refractivity contribution is 0.104. The maximum absolute atomic E-state index is 13.5. The van der Waals surface area contributed by atoms with Gasteiger partial charge in [0.2, 0.25) is 5.78 Å². The molecule has 1 unspecified atom stereocenters. The van der Waals surface area contributed by atoms with Gasteiger partial charge in [-0.05, 0) is 50.1 Å². The molecule has 0 saturated carbocycles. The van der Waals surface area contributed by atoms with E-state index in [1.807, 2.05) is 79.5 Å². The van der Waals surface area contributed by atoms with Gasteiger partial charge in [-0.25, -0.2) is 5.01 Å². The lowest BCUT2D eigenvalue weighted by atomic mass is 9.95. The number of rotatable bonds is 7. The summed E-state index contributed by atoms with van der Waals surface area (Å²) < 4.78 is 11.8. The number of ether oxygens (including phenoxy) is 2. The van der Waals surface area contributed by atoms with Gasteiger partial charge in [-0.15, -0.1) is 5.10 Å². The van der Waals surface area contributed by atoms with Crippen LogP contribution in [0, 0.1) is 0 Å². The molecule has 0 bridgehead atoms. The van der Waals surface area contributed by atoms with Crippen LogP contribution in [-0.2, 0) is 6.42 Å². The molecule has 0 saturated heterocycles. The number of hydrogen-bond donors (Lipinski definition) is 0. The van der Waals surface area contributed by atoms with Crippen LogP contribution in [0.25, 0.3) is 0 Å². The molecule has 2 aliphatic heterocycles. The Morgan fingerprint density at radius 2 is 1.58 bits per heavy atom. The van der Waals surface area contributed by atoms with E-state index in [2.05, 4.69) is 17.0 Å². The summed E-state index contributed by atoms with van der Waals surface area (Å²) in [4.78, 5) is 15.6. The Hall–Kier alpha value is -3.80. The summed E-state index contributed by atoms with van der Waals surface area (Å²) >= 11 is 0. The fraction of sp³-hybridized carbons (Fsp3) is 0.259. The predicted octanol–water partition coefficient (Wildman–Crippen LogP) is 5.06. The Morgan fingerprint density at radius 1 is 0.939 bits per heavy atom. The van der Waals surface area contributed by atoms with E-state index in [0.29, 0.717) is 31.2 Å². The van der Waals surface area contributed by atoms with E-state index in [1.165, 1.54) is 5.56 Å². The van der Waals surface area contributed by atoms with Gasteiger partial charge in [0.15, 0.2) is 23.5 Å². The van der Waals surface area contributed by atoms with E-state index in [4.69, 9.17) is 14.6 Å². The van der Waals surface area contributed by atoms with Gasteiger partial charge >= 0.3 is 0 Å². The molecule has 2 aliphatic rings. The molecule has 6 nitrogen and oxygen atoms in total. The highest BCUT2D eigenvalue weighted by Gasteiger charge is 2.43. The maximum Gasteiger partial charge on any atom is 0.229 e. The van der Waals surface area contributed by atoms with Gasteiger partial charge in [0.25, 0.3) is 0 Å². The minimum absolute atomic E-state index is 0.0709. The zero-order valence-electron chi connectivity index (χ0n) is 18.9. The predicted molar refractivity (Wildman–Crippen MR) is 129 cm³/mol. The maximum atomic E-state index is 13.5. The molecule has 0 N–H and O–H groups in total. The number of nitrogens with zero attached hydrogens (tertiary/aromatic N) is 3. The molecule has 3 aromatic carbocycles. The number of para-hydroxylation sites is 1. The molecule has 3 aromatic rings. The van der Waals surface area contributed by atoms with E-state index in [0.717, 1.165) is 29.2 Å². The minimum Gasteiger partial charge on any atom is -0.490 e. The number of ketones is 1. The van der Waals surface area contributed by atoms with Crippen molar-refractivity contribution in [3.8, 4) is 11.5 Å². The second-order valence-corrected chi connectivity index (χ2v) is 7.98. The summed E-state index contributed by atoms with van der Waals surface area (Å²) in [6.07, 6.45) is 0.566. The number of carbonyl (C=O) groups excluding carboxylic acids is 1. The fourth-order valence-electron chi connectivity index (χ4n) is 4.52. The van der Waals surface area contributed by atoms with Crippen molar-refractivity contribution in [2.45, 2.75) is 26.4 Å². The van der Waals surface area contributed by atoms with Crippen molar-refractivity contribution in [3.63, 3.8) is 0 Å². The molecular weight excluding hydrogens is 414 g/mol. The van der Waals surface area contributed by atoms with Crippen LogP contribution in [0.15, 0.2) is 77.9 Å². The molecule has 0 aromatic heterocycles. The average Bonchev–Trinajstić information content (AvgIpc) is 3.25. The van der Waals surface area contributed by atoms with Gasteiger partial charge in [-0.1, -0.05) is 48.5 Å². The molecule has 6 heteroatoms. The van der Waals surface area contributed by atoms with Crippen LogP contribution in [0.5, 0.6) is 11.5 Å². The third kappa shape index (κ3) is 3.82. The third-order valence-corrected chi connectivity index (χ3v) is 5.97. The Balaban J connectivity index is 1.61. The molecule has 0 spiro atoms. The van der Waals surface area contributed by atoms with Crippen molar-refractivity contribution in [1.29, 1.82) is 0 Å². The summed E-state index contributed by atoms with van der Waals surface area (Å²) in [7, 11) is 0. The fourth-order valence-corrected chi connectivity index (χ4v) is 4.52. The van der Waals surface area contributed by atoms with Crippen LogP contribution in [0.4, 0.5) is 5.69 Å². The standard InChI is InChI=1S/C27H27N3O3/c1-3-32-23-17-20-15-16-29-26(25(31)19-11-7-5-8-12-19)28-30(21-13-9-6-10-14-21)27(29)22(20)18-24(23)33-4-2/h5-14,17-18,27H,3-4,15-16H2,1-2H3. The molecule has 5 rings (SSSR count). The van der Waals surface area contributed by atoms with Crippen molar-refractivity contribution < 1.29 is 14.3 Å². The van der Waals surface area contributed by atoms with Gasteiger partial charge < -0.3 is 14.4 Å². The minimum atomic E-state index is -0.228. The zero-order valence-corrected chi connectivity index (χ0v) is 18.9. The van der Waals surface area contributed by atoms with Crippen LogP contribution in [-0.4, -0.2) is 36.3 Å². The highest BCUT2D eigenvalue weighted by molar-refractivity contribution is 6.45.